The van der Waals surface area contributed by atoms with E-state index < -0.39 is 6.01 Å². The molecule has 5 nitrogen and oxygen atoms in total. The first-order valence-electron chi connectivity index (χ1n) is 3.53. The lowest BCUT2D eigenvalue weighted by Gasteiger charge is -1.99. The highest BCUT2D eigenvalue weighted by Gasteiger charge is 2.06. The van der Waals surface area contributed by atoms with Crippen LogP contribution in [0.4, 0.5) is 0 Å². The van der Waals surface area contributed by atoms with Gasteiger partial charge in [0.15, 0.2) is 5.75 Å². The number of fused-ring (bicyclic) bond motifs is 1. The third-order valence-electron chi connectivity index (χ3n) is 1.64. The van der Waals surface area contributed by atoms with E-state index in [1.165, 1.54) is 18.2 Å². The van der Waals surface area contributed by atoms with Crippen LogP contribution in [-0.4, -0.2) is 20.2 Å². The summed E-state index contributed by atoms with van der Waals surface area (Å²) in [4.78, 5) is 6.93. The molecule has 0 amide bonds. The molecule has 0 saturated heterocycles. The van der Waals surface area contributed by atoms with Crippen molar-refractivity contribution in [2.45, 2.75) is 0 Å². The van der Waals surface area contributed by atoms with Gasteiger partial charge in [0.25, 0.3) is 0 Å². The highest BCUT2D eigenvalue weighted by molar-refractivity contribution is 5.84. The molecule has 5 heteroatoms. The van der Waals surface area contributed by atoms with Crippen molar-refractivity contribution >= 4 is 10.9 Å². The van der Waals surface area contributed by atoms with E-state index in [0.29, 0.717) is 5.52 Å². The van der Waals surface area contributed by atoms with Crippen LogP contribution in [0, 0.1) is 0 Å². The van der Waals surface area contributed by atoms with Gasteiger partial charge in [0.05, 0.1) is 10.9 Å². The summed E-state index contributed by atoms with van der Waals surface area (Å²) < 4.78 is 0. The molecule has 65 valence electrons. The van der Waals surface area contributed by atoms with E-state index in [1.54, 1.807) is 0 Å². The molecule has 2 N–H and O–H groups in total. The van der Waals surface area contributed by atoms with Crippen LogP contribution in [0.3, 0.4) is 0 Å². The maximum absolute atomic E-state index is 10.9. The number of aromatic nitrogens is 2. The first-order valence-corrected chi connectivity index (χ1v) is 3.53. The second kappa shape index (κ2) is 2.48. The summed E-state index contributed by atoms with van der Waals surface area (Å²) in [5, 5.41) is 29.3. The average Bonchev–Trinajstić information content (AvgIpc) is 2.06. The molecule has 0 aliphatic carbocycles. The van der Waals surface area contributed by atoms with Crippen LogP contribution in [0.1, 0.15) is 0 Å². The fraction of sp³-hybridized carbons (Fsp3) is 0. The van der Waals surface area contributed by atoms with E-state index in [0.717, 1.165) is 0 Å². The minimum Gasteiger partial charge on any atom is -0.493 e. The summed E-state index contributed by atoms with van der Waals surface area (Å²) in [6.45, 7) is 0. The lowest BCUT2D eigenvalue weighted by atomic mass is 10.2. The Bertz CT molecular complexity index is 470. The van der Waals surface area contributed by atoms with Gasteiger partial charge in [-0.3, -0.25) is 5.11 Å². The summed E-state index contributed by atoms with van der Waals surface area (Å²) >= 11 is 0. The third kappa shape index (κ3) is 1.20. The number of aromatic hydroxyl groups is 2. The number of hydrogen-bond acceptors (Lipinski definition) is 4. The Labute approximate surface area is 72.9 Å². The predicted molar refractivity (Wildman–Crippen MR) is 43.0 cm³/mol. The zero-order valence-corrected chi connectivity index (χ0v) is 6.43. The van der Waals surface area contributed by atoms with Crippen LogP contribution in [0.25, 0.3) is 10.9 Å². The van der Waals surface area contributed by atoms with Crippen molar-refractivity contribution in [3.05, 3.63) is 18.2 Å². The van der Waals surface area contributed by atoms with Crippen LogP contribution in [0.2, 0.25) is 0 Å². The van der Waals surface area contributed by atoms with Gasteiger partial charge in [0.1, 0.15) is 0 Å². The van der Waals surface area contributed by atoms with Crippen molar-refractivity contribution in [3.63, 3.8) is 0 Å². The smallest absolute Gasteiger partial charge is 0.317 e. The van der Waals surface area contributed by atoms with Crippen molar-refractivity contribution < 1.29 is 15.3 Å². The van der Waals surface area contributed by atoms with E-state index in [2.05, 4.69) is 9.97 Å². The van der Waals surface area contributed by atoms with E-state index in [1.807, 2.05) is 0 Å². The van der Waals surface area contributed by atoms with Crippen LogP contribution < -0.4 is 0 Å². The Kier molecular flexibility index (Phi) is 1.45. The third-order valence-corrected chi connectivity index (χ3v) is 1.64. The fourth-order valence-corrected chi connectivity index (χ4v) is 1.08. The topological polar surface area (TPSA) is 86.1 Å². The quantitative estimate of drug-likeness (QED) is 0.632. The van der Waals surface area contributed by atoms with Gasteiger partial charge in [0.2, 0.25) is 5.88 Å². The Morgan fingerprint density at radius 2 is 1.92 bits per heavy atom. The SMILES string of the molecule is [O]c1ccc2nc(O)nc(O)c2c1. The molecule has 0 aliphatic rings. The zero-order valence-electron chi connectivity index (χ0n) is 6.43. The summed E-state index contributed by atoms with van der Waals surface area (Å²) in [6, 6.07) is 3.42. The van der Waals surface area contributed by atoms with Gasteiger partial charge < -0.3 is 10.2 Å². The van der Waals surface area contributed by atoms with Crippen molar-refractivity contribution in [2.75, 3.05) is 0 Å². The Hall–Kier alpha value is -2.04. The van der Waals surface area contributed by atoms with Gasteiger partial charge in [-0.1, -0.05) is 0 Å². The van der Waals surface area contributed by atoms with Gasteiger partial charge in [-0.25, -0.2) is 0 Å². The minimum atomic E-state index is -0.511. The molecule has 13 heavy (non-hydrogen) atoms. The lowest BCUT2D eigenvalue weighted by Crippen LogP contribution is -1.84. The number of hydrogen-bond donors (Lipinski definition) is 2. The number of nitrogens with zero attached hydrogens (tertiary/aromatic N) is 2. The van der Waals surface area contributed by atoms with Crippen LogP contribution in [-0.2, 0) is 5.11 Å². The van der Waals surface area contributed by atoms with E-state index in [-0.39, 0.29) is 17.0 Å². The Morgan fingerprint density at radius 3 is 2.69 bits per heavy atom. The lowest BCUT2D eigenvalue weighted by molar-refractivity contribution is 0.355. The second-order valence-corrected chi connectivity index (χ2v) is 2.53. The molecule has 0 spiro atoms. The molecular weight excluding hydrogens is 172 g/mol. The summed E-state index contributed by atoms with van der Waals surface area (Å²) in [6.07, 6.45) is 0. The van der Waals surface area contributed by atoms with Gasteiger partial charge in [-0.05, 0) is 12.1 Å². The van der Waals surface area contributed by atoms with Gasteiger partial charge in [-0.2, -0.15) is 9.97 Å². The van der Waals surface area contributed by atoms with Crippen molar-refractivity contribution in [3.8, 4) is 17.6 Å². The molecule has 1 radical (unpaired) electrons. The standard InChI is InChI=1S/C8H5N2O3/c11-4-1-2-6-5(3-4)7(12)10-8(13)9-6/h1-3H,(H2,9,10,12,13). The zero-order chi connectivity index (χ0) is 9.42. The first kappa shape index (κ1) is 7.60. The minimum absolute atomic E-state index is 0.239. The number of rotatable bonds is 0. The molecule has 0 bridgehead atoms. The van der Waals surface area contributed by atoms with Crippen LogP contribution in [0.15, 0.2) is 18.2 Å². The maximum atomic E-state index is 10.9. The molecule has 2 aromatic rings. The molecule has 1 aromatic heterocycles. The van der Waals surface area contributed by atoms with Gasteiger partial charge in [-0.15, -0.1) is 0 Å². The molecule has 0 aliphatic heterocycles. The highest BCUT2D eigenvalue weighted by atomic mass is 16.3. The molecule has 0 fully saturated rings. The van der Waals surface area contributed by atoms with Gasteiger partial charge >= 0.3 is 6.01 Å². The molecule has 0 atom stereocenters. The average molecular weight is 177 g/mol. The summed E-state index contributed by atoms with van der Waals surface area (Å²) in [5.74, 6) is -0.628. The first-order chi connectivity index (χ1) is 6.16. The van der Waals surface area contributed by atoms with Gasteiger partial charge in [0, 0.05) is 6.07 Å². The molecule has 1 aromatic carbocycles. The van der Waals surface area contributed by atoms with Crippen molar-refractivity contribution in [1.29, 1.82) is 0 Å². The monoisotopic (exact) mass is 177 g/mol. The van der Waals surface area contributed by atoms with Crippen molar-refractivity contribution in [1.82, 2.24) is 9.97 Å². The van der Waals surface area contributed by atoms with E-state index in [4.69, 9.17) is 5.11 Å². The predicted octanol–water partition coefficient (Wildman–Crippen LogP) is 1.18. The molecule has 2 rings (SSSR count). The second-order valence-electron chi connectivity index (χ2n) is 2.53. The van der Waals surface area contributed by atoms with E-state index >= 15 is 0 Å². The normalized spacial score (nSPS) is 10.5. The Morgan fingerprint density at radius 1 is 1.15 bits per heavy atom. The molecular formula is C8H5N2O3. The number of benzene rings is 1. The van der Waals surface area contributed by atoms with E-state index in [9.17, 15) is 10.2 Å². The van der Waals surface area contributed by atoms with Crippen LogP contribution in [0.5, 0.6) is 17.6 Å². The van der Waals surface area contributed by atoms with Crippen LogP contribution >= 0.6 is 0 Å². The summed E-state index contributed by atoms with van der Waals surface area (Å²) in [5.41, 5.74) is 0.338. The fourth-order valence-electron chi connectivity index (χ4n) is 1.08. The molecule has 1 heterocycles. The highest BCUT2D eigenvalue weighted by Crippen LogP contribution is 2.26. The molecule has 0 saturated carbocycles. The largest absolute Gasteiger partial charge is 0.493 e. The van der Waals surface area contributed by atoms with Crippen molar-refractivity contribution in [2.24, 2.45) is 0 Å². The Balaban J connectivity index is 2.87. The molecule has 0 unspecified atom stereocenters. The summed E-state index contributed by atoms with van der Waals surface area (Å²) in [7, 11) is 0. The maximum Gasteiger partial charge on any atom is 0.317 e.